The second-order valence-electron chi connectivity index (χ2n) is 9.29. The third-order valence-electron chi connectivity index (χ3n) is 5.98. The minimum atomic E-state index is -4.02. The molecular formula is C32H28ClFN4O4S. The fraction of sp³-hybridized carbons (Fsp3) is 0.0625. The molecule has 8 nitrogen and oxygen atoms in total. The Morgan fingerprint density at radius 3 is 2.44 bits per heavy atom. The average molecular weight is 619 g/mol. The molecule has 220 valence electrons. The third kappa shape index (κ3) is 8.86. The van der Waals surface area contributed by atoms with Crippen molar-refractivity contribution in [1.29, 1.82) is 0 Å². The van der Waals surface area contributed by atoms with Gasteiger partial charge in [-0.1, -0.05) is 54.6 Å². The van der Waals surface area contributed by atoms with E-state index in [1.165, 1.54) is 30.6 Å². The highest BCUT2D eigenvalue weighted by molar-refractivity contribution is 7.85. The number of nitrogens with zero attached hydrogens (tertiary/aromatic N) is 2. The van der Waals surface area contributed by atoms with E-state index in [1.807, 2.05) is 31.2 Å². The van der Waals surface area contributed by atoms with Gasteiger partial charge in [0.05, 0.1) is 15.4 Å². The van der Waals surface area contributed by atoms with E-state index in [0.717, 1.165) is 33.4 Å². The molecule has 4 aromatic carbocycles. The van der Waals surface area contributed by atoms with E-state index in [1.54, 1.807) is 42.5 Å². The van der Waals surface area contributed by atoms with Crippen LogP contribution in [0.1, 0.15) is 11.1 Å². The molecule has 3 N–H and O–H groups in total. The van der Waals surface area contributed by atoms with E-state index in [2.05, 4.69) is 33.8 Å². The van der Waals surface area contributed by atoms with Crippen molar-refractivity contribution in [1.82, 2.24) is 9.97 Å². The zero-order valence-electron chi connectivity index (χ0n) is 23.1. The summed E-state index contributed by atoms with van der Waals surface area (Å²) in [6, 6.07) is 23.3. The molecule has 5 rings (SSSR count). The first-order chi connectivity index (χ1) is 20.5. The zero-order valence-corrected chi connectivity index (χ0v) is 24.7. The first-order valence-electron chi connectivity index (χ1n) is 12.8. The van der Waals surface area contributed by atoms with Crippen LogP contribution < -0.4 is 15.4 Å². The van der Waals surface area contributed by atoms with Crippen LogP contribution in [0.25, 0.3) is 10.9 Å². The predicted octanol–water partition coefficient (Wildman–Crippen LogP) is 8.10. The fourth-order valence-corrected chi connectivity index (χ4v) is 4.52. The molecule has 0 amide bonds. The highest BCUT2D eigenvalue weighted by Gasteiger charge is 2.09. The van der Waals surface area contributed by atoms with Crippen molar-refractivity contribution in [2.45, 2.75) is 18.4 Å². The number of anilines is 3. The summed E-state index contributed by atoms with van der Waals surface area (Å²) in [6.07, 6.45) is 3.14. The molecule has 0 aliphatic rings. The molecule has 0 unspecified atom stereocenters. The summed E-state index contributed by atoms with van der Waals surface area (Å²) >= 11 is 6.41. The van der Waals surface area contributed by atoms with Gasteiger partial charge in [-0.25, -0.2) is 14.4 Å². The summed E-state index contributed by atoms with van der Waals surface area (Å²) in [5.41, 5.74) is 4.74. The van der Waals surface area contributed by atoms with E-state index < -0.39 is 10.1 Å². The number of benzene rings is 4. The third-order valence-corrected chi connectivity index (χ3v) is 7.15. The smallest absolute Gasteiger partial charge is 0.294 e. The fourth-order valence-electron chi connectivity index (χ4n) is 3.80. The molecule has 11 heteroatoms. The first kappa shape index (κ1) is 31.2. The Bertz CT molecular complexity index is 1880. The summed E-state index contributed by atoms with van der Waals surface area (Å²) < 4.78 is 48.6. The highest BCUT2D eigenvalue weighted by Crippen LogP contribution is 2.31. The molecule has 0 aliphatic heterocycles. The van der Waals surface area contributed by atoms with Gasteiger partial charge in [-0.15, -0.1) is 0 Å². The normalized spacial score (nSPS) is 10.8. The summed E-state index contributed by atoms with van der Waals surface area (Å²) in [6.45, 7) is 9.63. The number of ether oxygens (including phenoxy) is 1. The molecule has 0 saturated heterocycles. The molecule has 0 atom stereocenters. The van der Waals surface area contributed by atoms with Gasteiger partial charge in [0, 0.05) is 22.5 Å². The SMILES string of the molecule is C=CC(=C)Nc1ccc2ncnc(Nc3ccc(OCc4cccc(F)c4)c(Cl)c3)c2c1.Cc1ccc(S(=O)(=O)O)cc1. The monoisotopic (exact) mass is 618 g/mol. The van der Waals surface area contributed by atoms with E-state index in [0.29, 0.717) is 22.3 Å². The van der Waals surface area contributed by atoms with Gasteiger partial charge in [0.1, 0.15) is 30.3 Å². The number of allylic oxidation sites excluding steroid dienone is 1. The Morgan fingerprint density at radius 1 is 1.02 bits per heavy atom. The van der Waals surface area contributed by atoms with Gasteiger partial charge >= 0.3 is 0 Å². The summed E-state index contributed by atoms with van der Waals surface area (Å²) in [5.74, 6) is 0.830. The van der Waals surface area contributed by atoms with Crippen LogP contribution >= 0.6 is 11.6 Å². The van der Waals surface area contributed by atoms with Gasteiger partial charge in [0.15, 0.2) is 0 Å². The standard InChI is InChI=1S/C25H20ClFN4O.C7H8O3S/c1-3-16(2)30-19-7-9-23-21(12-19)25(29-15-28-23)31-20-8-10-24(22(26)13-20)32-14-17-5-4-6-18(27)11-17;1-6-2-4-7(5-3-6)11(8,9)10/h3-13,15,30H,1-2,14H2,(H,28,29,31);2-5H,1H3,(H,8,9,10). The molecular weight excluding hydrogens is 591 g/mol. The van der Waals surface area contributed by atoms with E-state index in [-0.39, 0.29) is 17.3 Å². The molecule has 0 spiro atoms. The maximum Gasteiger partial charge on any atom is 0.294 e. The van der Waals surface area contributed by atoms with Crippen molar-refractivity contribution < 1.29 is 22.1 Å². The minimum Gasteiger partial charge on any atom is -0.487 e. The van der Waals surface area contributed by atoms with Gasteiger partial charge in [0.25, 0.3) is 10.1 Å². The highest BCUT2D eigenvalue weighted by atomic mass is 35.5. The van der Waals surface area contributed by atoms with Gasteiger partial charge in [-0.3, -0.25) is 4.55 Å². The predicted molar refractivity (Wildman–Crippen MR) is 169 cm³/mol. The Labute approximate surface area is 254 Å². The van der Waals surface area contributed by atoms with Crippen molar-refractivity contribution in [2.24, 2.45) is 0 Å². The number of hydrogen-bond acceptors (Lipinski definition) is 7. The molecule has 1 heterocycles. The van der Waals surface area contributed by atoms with Crippen LogP contribution in [0.5, 0.6) is 5.75 Å². The second-order valence-corrected chi connectivity index (χ2v) is 11.1. The number of halogens is 2. The number of rotatable bonds is 9. The second kappa shape index (κ2) is 13.9. The van der Waals surface area contributed by atoms with E-state index in [4.69, 9.17) is 20.9 Å². The van der Waals surface area contributed by atoms with Crippen LogP contribution in [0.15, 0.2) is 121 Å². The van der Waals surface area contributed by atoms with Gasteiger partial charge < -0.3 is 15.4 Å². The zero-order chi connectivity index (χ0) is 31.0. The van der Waals surface area contributed by atoms with Crippen LogP contribution in [-0.2, 0) is 16.7 Å². The Hall–Kier alpha value is -4.77. The van der Waals surface area contributed by atoms with Crippen LogP contribution in [0.4, 0.5) is 21.6 Å². The molecule has 0 saturated carbocycles. The topological polar surface area (TPSA) is 113 Å². The lowest BCUT2D eigenvalue weighted by Gasteiger charge is -2.13. The number of fused-ring (bicyclic) bond motifs is 1. The number of nitrogens with one attached hydrogen (secondary N) is 2. The molecule has 1 aromatic heterocycles. The maximum atomic E-state index is 13.3. The molecule has 5 aromatic rings. The maximum absolute atomic E-state index is 13.3. The molecule has 0 bridgehead atoms. The summed E-state index contributed by atoms with van der Waals surface area (Å²) in [7, 11) is -4.02. The molecule has 0 radical (unpaired) electrons. The Balaban J connectivity index is 0.000000324. The lowest BCUT2D eigenvalue weighted by molar-refractivity contribution is 0.306. The van der Waals surface area contributed by atoms with E-state index >= 15 is 0 Å². The lowest BCUT2D eigenvalue weighted by atomic mass is 10.2. The van der Waals surface area contributed by atoms with Crippen molar-refractivity contribution in [3.8, 4) is 5.75 Å². The van der Waals surface area contributed by atoms with Crippen LogP contribution in [0, 0.1) is 12.7 Å². The number of hydrogen-bond donors (Lipinski definition) is 3. The molecule has 0 fully saturated rings. The van der Waals surface area contributed by atoms with Crippen LogP contribution in [-0.4, -0.2) is 22.9 Å². The number of aromatic nitrogens is 2. The van der Waals surface area contributed by atoms with Gasteiger partial charge in [0.2, 0.25) is 0 Å². The summed E-state index contributed by atoms with van der Waals surface area (Å²) in [4.78, 5) is 8.63. The van der Waals surface area contributed by atoms with Crippen LogP contribution in [0.2, 0.25) is 5.02 Å². The first-order valence-corrected chi connectivity index (χ1v) is 14.6. The number of aryl methyl sites for hydroxylation is 1. The minimum absolute atomic E-state index is 0.0666. The largest absolute Gasteiger partial charge is 0.487 e. The van der Waals surface area contributed by atoms with Crippen LogP contribution in [0.3, 0.4) is 0 Å². The van der Waals surface area contributed by atoms with Gasteiger partial charge in [-0.05, 0) is 79.2 Å². The van der Waals surface area contributed by atoms with Crippen molar-refractivity contribution in [3.63, 3.8) is 0 Å². The molecule has 0 aliphatic carbocycles. The lowest BCUT2D eigenvalue weighted by Crippen LogP contribution is -1.99. The molecule has 43 heavy (non-hydrogen) atoms. The van der Waals surface area contributed by atoms with E-state index in [9.17, 15) is 12.8 Å². The summed E-state index contributed by atoms with van der Waals surface area (Å²) in [5, 5.41) is 7.70. The van der Waals surface area contributed by atoms with Crippen molar-refractivity contribution in [2.75, 3.05) is 10.6 Å². The Kier molecular flexibility index (Phi) is 10.1. The quantitative estimate of drug-likeness (QED) is 0.112. The van der Waals surface area contributed by atoms with Crippen molar-refractivity contribution >= 4 is 49.8 Å². The average Bonchev–Trinajstić information content (AvgIpc) is 2.97. The Morgan fingerprint density at radius 2 is 1.77 bits per heavy atom. The van der Waals surface area contributed by atoms with Gasteiger partial charge in [-0.2, -0.15) is 8.42 Å². The van der Waals surface area contributed by atoms with Crippen molar-refractivity contribution in [3.05, 3.63) is 138 Å².